The van der Waals surface area contributed by atoms with Crippen molar-refractivity contribution in [2.75, 3.05) is 26.2 Å². The molecule has 1 N–H and O–H groups in total. The van der Waals surface area contributed by atoms with Gasteiger partial charge in [-0.3, -0.25) is 4.90 Å². The lowest BCUT2D eigenvalue weighted by molar-refractivity contribution is 0.134. The number of aromatic nitrogens is 1. The molecule has 1 fully saturated rings. The summed E-state index contributed by atoms with van der Waals surface area (Å²) in [4.78, 5) is 20.9. The first-order chi connectivity index (χ1) is 13.6. The van der Waals surface area contributed by atoms with E-state index in [-0.39, 0.29) is 11.8 Å². The van der Waals surface area contributed by atoms with Crippen LogP contribution in [-0.2, 0) is 13.1 Å². The summed E-state index contributed by atoms with van der Waals surface area (Å²) in [7, 11) is 0. The summed E-state index contributed by atoms with van der Waals surface area (Å²) in [6.45, 7) is 3.42. The van der Waals surface area contributed by atoms with Gasteiger partial charge < -0.3 is 10.2 Å². The molecule has 0 unspecified atom stereocenters. The molecule has 146 valence electrons. The Bertz CT molecular complexity index is 934. The maximum atomic E-state index is 14.0. The van der Waals surface area contributed by atoms with Gasteiger partial charge in [-0.15, -0.1) is 11.3 Å². The van der Waals surface area contributed by atoms with Crippen molar-refractivity contribution >= 4 is 39.2 Å². The number of para-hydroxylation sites is 1. The first-order valence-electron chi connectivity index (χ1n) is 9.12. The number of rotatable bonds is 4. The van der Waals surface area contributed by atoms with Crippen LogP contribution in [0.1, 0.15) is 10.6 Å². The van der Waals surface area contributed by atoms with Crippen LogP contribution in [0.15, 0.2) is 42.5 Å². The van der Waals surface area contributed by atoms with Gasteiger partial charge in [0, 0.05) is 43.3 Å². The minimum atomic E-state index is -0.288. The number of nitrogens with one attached hydrogen (secondary N) is 1. The Morgan fingerprint density at radius 1 is 1.14 bits per heavy atom. The Balaban J connectivity index is 1.28. The van der Waals surface area contributed by atoms with Gasteiger partial charge in [-0.2, -0.15) is 0 Å². The quantitative estimate of drug-likeness (QED) is 0.693. The van der Waals surface area contributed by atoms with Gasteiger partial charge in [0.25, 0.3) is 0 Å². The van der Waals surface area contributed by atoms with E-state index in [0.29, 0.717) is 49.9 Å². The molecule has 0 saturated carbocycles. The van der Waals surface area contributed by atoms with E-state index < -0.39 is 0 Å². The lowest BCUT2D eigenvalue weighted by atomic mass is 10.2. The Morgan fingerprint density at radius 2 is 1.93 bits per heavy atom. The third kappa shape index (κ3) is 4.27. The molecule has 5 nitrogen and oxygen atoms in total. The van der Waals surface area contributed by atoms with Crippen LogP contribution < -0.4 is 5.32 Å². The van der Waals surface area contributed by atoms with E-state index in [4.69, 9.17) is 11.6 Å². The van der Waals surface area contributed by atoms with Crippen molar-refractivity contribution in [1.29, 1.82) is 0 Å². The van der Waals surface area contributed by atoms with E-state index in [1.807, 2.05) is 24.3 Å². The second kappa shape index (κ2) is 8.43. The van der Waals surface area contributed by atoms with Gasteiger partial charge in [-0.1, -0.05) is 29.8 Å². The van der Waals surface area contributed by atoms with E-state index in [1.54, 1.807) is 28.4 Å². The Labute approximate surface area is 171 Å². The second-order valence-electron chi connectivity index (χ2n) is 6.70. The summed E-state index contributed by atoms with van der Waals surface area (Å²) in [5.74, 6) is -0.288. The number of thiazole rings is 1. The maximum absolute atomic E-state index is 14.0. The molecule has 2 amide bonds. The number of fused-ring (bicyclic) bond motifs is 1. The molecule has 2 aromatic carbocycles. The van der Waals surface area contributed by atoms with Crippen LogP contribution in [0.4, 0.5) is 9.18 Å². The van der Waals surface area contributed by atoms with Crippen molar-refractivity contribution in [3.05, 3.63) is 63.9 Å². The van der Waals surface area contributed by atoms with Crippen molar-refractivity contribution in [1.82, 2.24) is 20.1 Å². The van der Waals surface area contributed by atoms with Crippen molar-refractivity contribution in [2.24, 2.45) is 0 Å². The highest BCUT2D eigenvalue weighted by Gasteiger charge is 2.22. The zero-order chi connectivity index (χ0) is 19.5. The molecule has 0 aliphatic carbocycles. The lowest BCUT2D eigenvalue weighted by Crippen LogP contribution is -2.51. The summed E-state index contributed by atoms with van der Waals surface area (Å²) in [5, 5.41) is 4.28. The van der Waals surface area contributed by atoms with Crippen LogP contribution in [0, 0.1) is 5.82 Å². The molecular weight excluding hydrogens is 399 g/mol. The number of nitrogens with zero attached hydrogens (tertiary/aromatic N) is 3. The highest BCUT2D eigenvalue weighted by Crippen LogP contribution is 2.22. The fourth-order valence-corrected chi connectivity index (χ4v) is 4.40. The highest BCUT2D eigenvalue weighted by molar-refractivity contribution is 7.18. The van der Waals surface area contributed by atoms with Crippen LogP contribution in [0.5, 0.6) is 0 Å². The smallest absolute Gasteiger partial charge is 0.317 e. The average Bonchev–Trinajstić information content (AvgIpc) is 3.12. The van der Waals surface area contributed by atoms with Crippen molar-refractivity contribution < 1.29 is 9.18 Å². The van der Waals surface area contributed by atoms with Crippen LogP contribution in [0.3, 0.4) is 0 Å². The topological polar surface area (TPSA) is 48.5 Å². The molecule has 1 saturated heterocycles. The van der Waals surface area contributed by atoms with E-state index in [2.05, 4.69) is 15.2 Å². The standard InChI is InChI=1S/C20H20ClFN4OS/c21-15-4-3-5-16(22)14(15)13-25-8-10-26(11-9-25)20(27)23-12-19-24-17-6-1-2-7-18(17)28-19/h1-7H,8-13H2,(H,23,27). The number of amides is 2. The van der Waals surface area contributed by atoms with Gasteiger partial charge in [0.1, 0.15) is 10.8 Å². The zero-order valence-electron chi connectivity index (χ0n) is 15.2. The fourth-order valence-electron chi connectivity index (χ4n) is 3.27. The van der Waals surface area contributed by atoms with E-state index in [9.17, 15) is 9.18 Å². The Kier molecular flexibility index (Phi) is 5.75. The predicted molar refractivity (Wildman–Crippen MR) is 110 cm³/mol. The van der Waals surface area contributed by atoms with Crippen LogP contribution >= 0.6 is 22.9 Å². The third-order valence-corrected chi connectivity index (χ3v) is 6.22. The summed E-state index contributed by atoms with van der Waals surface area (Å²) < 4.78 is 15.1. The number of piperazine rings is 1. The number of halogens is 2. The summed E-state index contributed by atoms with van der Waals surface area (Å²) >= 11 is 7.70. The summed E-state index contributed by atoms with van der Waals surface area (Å²) in [6.07, 6.45) is 0. The normalized spacial score (nSPS) is 15.1. The molecule has 1 aromatic heterocycles. The molecular formula is C20H20ClFN4OS. The fraction of sp³-hybridized carbons (Fsp3) is 0.300. The monoisotopic (exact) mass is 418 g/mol. The number of hydrogen-bond acceptors (Lipinski definition) is 4. The van der Waals surface area contributed by atoms with Crippen molar-refractivity contribution in [2.45, 2.75) is 13.1 Å². The molecule has 0 radical (unpaired) electrons. The molecule has 3 aromatic rings. The van der Waals surface area contributed by atoms with Gasteiger partial charge in [0.15, 0.2) is 0 Å². The molecule has 0 bridgehead atoms. The number of carbonyl (C=O) groups excluding carboxylic acids is 1. The van der Waals surface area contributed by atoms with Crippen LogP contribution in [-0.4, -0.2) is 47.0 Å². The SMILES string of the molecule is O=C(NCc1nc2ccccc2s1)N1CCN(Cc2c(F)cccc2Cl)CC1. The molecule has 2 heterocycles. The van der Waals surface area contributed by atoms with E-state index in [0.717, 1.165) is 15.2 Å². The molecule has 0 atom stereocenters. The molecule has 28 heavy (non-hydrogen) atoms. The number of carbonyl (C=O) groups is 1. The molecule has 0 spiro atoms. The van der Waals surface area contributed by atoms with E-state index in [1.165, 1.54) is 6.07 Å². The molecule has 8 heteroatoms. The lowest BCUT2D eigenvalue weighted by Gasteiger charge is -2.34. The van der Waals surface area contributed by atoms with Gasteiger partial charge in [0.05, 0.1) is 16.8 Å². The minimum absolute atomic E-state index is 0.0946. The van der Waals surface area contributed by atoms with E-state index >= 15 is 0 Å². The van der Waals surface area contributed by atoms with Crippen LogP contribution in [0.25, 0.3) is 10.2 Å². The predicted octanol–water partition coefficient (Wildman–Crippen LogP) is 4.12. The van der Waals surface area contributed by atoms with Crippen molar-refractivity contribution in [3.8, 4) is 0 Å². The van der Waals surface area contributed by atoms with Gasteiger partial charge in [-0.25, -0.2) is 14.2 Å². The molecule has 1 aliphatic heterocycles. The van der Waals surface area contributed by atoms with Gasteiger partial charge >= 0.3 is 6.03 Å². The first kappa shape index (κ1) is 19.1. The highest BCUT2D eigenvalue weighted by atomic mass is 35.5. The summed E-state index contributed by atoms with van der Waals surface area (Å²) in [6, 6.07) is 12.6. The third-order valence-electron chi connectivity index (χ3n) is 4.83. The summed E-state index contributed by atoms with van der Waals surface area (Å²) in [5.41, 5.74) is 1.47. The molecule has 1 aliphatic rings. The maximum Gasteiger partial charge on any atom is 0.317 e. The average molecular weight is 419 g/mol. The van der Waals surface area contributed by atoms with Crippen molar-refractivity contribution in [3.63, 3.8) is 0 Å². The number of hydrogen-bond donors (Lipinski definition) is 1. The second-order valence-corrected chi connectivity index (χ2v) is 8.22. The number of benzene rings is 2. The first-order valence-corrected chi connectivity index (χ1v) is 10.3. The van der Waals surface area contributed by atoms with Gasteiger partial charge in [-0.05, 0) is 24.3 Å². The minimum Gasteiger partial charge on any atom is -0.331 e. The largest absolute Gasteiger partial charge is 0.331 e. The Hall–Kier alpha value is -2.22. The number of urea groups is 1. The van der Waals surface area contributed by atoms with Gasteiger partial charge in [0.2, 0.25) is 0 Å². The zero-order valence-corrected chi connectivity index (χ0v) is 16.8. The Morgan fingerprint density at radius 3 is 2.68 bits per heavy atom. The van der Waals surface area contributed by atoms with Crippen LogP contribution in [0.2, 0.25) is 5.02 Å². The molecule has 4 rings (SSSR count).